The summed E-state index contributed by atoms with van der Waals surface area (Å²) in [7, 11) is 1.62. The standard InChI is InChI=1S/C27H30N4O5S/c1-18-4-9-21(35-2)24-25(18)37-27(28-24)30(13-3-12-29-14-16-36-17-15-29)26(34)19-5-7-20(8-6-19)31-22(32)10-11-23(31)33/h4-9H,3,10-17H2,1-2H3. The van der Waals surface area contributed by atoms with Crippen molar-refractivity contribution in [1.29, 1.82) is 0 Å². The van der Waals surface area contributed by atoms with Crippen LogP contribution in [0.1, 0.15) is 35.2 Å². The van der Waals surface area contributed by atoms with Gasteiger partial charge in [0.2, 0.25) is 11.8 Å². The molecule has 0 radical (unpaired) electrons. The molecule has 2 saturated heterocycles. The van der Waals surface area contributed by atoms with E-state index >= 15 is 0 Å². The highest BCUT2D eigenvalue weighted by Crippen LogP contribution is 2.37. The van der Waals surface area contributed by atoms with E-state index in [0.717, 1.165) is 55.0 Å². The molecule has 3 amide bonds. The SMILES string of the molecule is COc1ccc(C)c2sc(N(CCCN3CCOCC3)C(=O)c3ccc(N4C(=O)CCC4=O)cc3)nc12. The van der Waals surface area contributed by atoms with Gasteiger partial charge in [-0.25, -0.2) is 4.98 Å². The summed E-state index contributed by atoms with van der Waals surface area (Å²) in [5.74, 6) is 0.0663. The fourth-order valence-corrected chi connectivity index (χ4v) is 5.79. The van der Waals surface area contributed by atoms with Crippen molar-refractivity contribution < 1.29 is 23.9 Å². The van der Waals surface area contributed by atoms with Crippen LogP contribution in [0.3, 0.4) is 0 Å². The maximum atomic E-state index is 13.8. The zero-order valence-electron chi connectivity index (χ0n) is 21.1. The lowest BCUT2D eigenvalue weighted by atomic mass is 10.1. The van der Waals surface area contributed by atoms with E-state index in [1.807, 2.05) is 19.1 Å². The van der Waals surface area contributed by atoms with Crippen molar-refractivity contribution in [3.05, 3.63) is 47.5 Å². The number of anilines is 2. The van der Waals surface area contributed by atoms with Crippen LogP contribution in [-0.4, -0.2) is 74.1 Å². The average molecular weight is 523 g/mol. The zero-order valence-corrected chi connectivity index (χ0v) is 21.9. The summed E-state index contributed by atoms with van der Waals surface area (Å²) >= 11 is 1.48. The van der Waals surface area contributed by atoms with Gasteiger partial charge in [0, 0.05) is 44.6 Å². The number of rotatable bonds is 8. The highest BCUT2D eigenvalue weighted by Gasteiger charge is 2.30. The molecule has 2 aliphatic heterocycles. The first-order valence-electron chi connectivity index (χ1n) is 12.5. The number of carbonyl (C=O) groups excluding carboxylic acids is 3. The number of amides is 3. The minimum absolute atomic E-state index is 0.178. The van der Waals surface area contributed by atoms with Crippen LogP contribution in [0.4, 0.5) is 10.8 Å². The lowest BCUT2D eigenvalue weighted by Gasteiger charge is -2.27. The number of methoxy groups -OCH3 is 1. The Morgan fingerprint density at radius 2 is 1.78 bits per heavy atom. The van der Waals surface area contributed by atoms with E-state index in [-0.39, 0.29) is 30.6 Å². The van der Waals surface area contributed by atoms with Gasteiger partial charge in [-0.15, -0.1) is 0 Å². The summed E-state index contributed by atoms with van der Waals surface area (Å²) < 4.78 is 12.0. The Morgan fingerprint density at radius 3 is 2.46 bits per heavy atom. The van der Waals surface area contributed by atoms with Gasteiger partial charge in [0.1, 0.15) is 11.3 Å². The molecule has 0 atom stereocenters. The molecule has 2 aliphatic rings. The van der Waals surface area contributed by atoms with Gasteiger partial charge < -0.3 is 9.47 Å². The topological polar surface area (TPSA) is 92.3 Å². The van der Waals surface area contributed by atoms with E-state index < -0.39 is 0 Å². The van der Waals surface area contributed by atoms with E-state index in [2.05, 4.69) is 4.90 Å². The largest absolute Gasteiger partial charge is 0.494 e. The second-order valence-corrected chi connectivity index (χ2v) is 10.2. The van der Waals surface area contributed by atoms with E-state index in [0.29, 0.717) is 28.7 Å². The number of benzene rings is 2. The molecule has 0 aliphatic carbocycles. The Bertz CT molecular complexity index is 1300. The average Bonchev–Trinajstić information content (AvgIpc) is 3.51. The lowest BCUT2D eigenvalue weighted by molar-refractivity contribution is -0.121. The monoisotopic (exact) mass is 522 g/mol. The zero-order chi connectivity index (χ0) is 25.9. The van der Waals surface area contributed by atoms with Crippen LogP contribution >= 0.6 is 11.3 Å². The summed E-state index contributed by atoms with van der Waals surface area (Å²) in [4.78, 5) is 48.1. The fraction of sp³-hybridized carbons (Fsp3) is 0.407. The van der Waals surface area contributed by atoms with Gasteiger partial charge in [-0.3, -0.25) is 29.1 Å². The molecule has 0 spiro atoms. The minimum atomic E-state index is -0.215. The van der Waals surface area contributed by atoms with Crippen molar-refractivity contribution in [1.82, 2.24) is 9.88 Å². The molecule has 3 heterocycles. The van der Waals surface area contributed by atoms with Gasteiger partial charge in [0.05, 0.1) is 30.7 Å². The molecule has 0 N–H and O–H groups in total. The van der Waals surface area contributed by atoms with Crippen LogP contribution in [0.15, 0.2) is 36.4 Å². The molecule has 0 bridgehead atoms. The van der Waals surface area contributed by atoms with Gasteiger partial charge in [0.25, 0.3) is 5.91 Å². The molecule has 0 unspecified atom stereocenters. The van der Waals surface area contributed by atoms with Gasteiger partial charge in [-0.05, 0) is 49.2 Å². The van der Waals surface area contributed by atoms with E-state index in [1.165, 1.54) is 16.2 Å². The number of fused-ring (bicyclic) bond motifs is 1. The van der Waals surface area contributed by atoms with Crippen molar-refractivity contribution in [2.45, 2.75) is 26.2 Å². The number of carbonyl (C=O) groups is 3. The number of nitrogens with zero attached hydrogens (tertiary/aromatic N) is 4. The summed E-state index contributed by atoms with van der Waals surface area (Å²) in [5.41, 5.74) is 2.78. The van der Waals surface area contributed by atoms with Crippen molar-refractivity contribution >= 4 is 50.1 Å². The molecular weight excluding hydrogens is 492 g/mol. The maximum Gasteiger partial charge on any atom is 0.260 e. The fourth-order valence-electron chi connectivity index (χ4n) is 4.71. The molecule has 5 rings (SSSR count). The van der Waals surface area contributed by atoms with Gasteiger partial charge >= 0.3 is 0 Å². The molecule has 10 heteroatoms. The van der Waals surface area contributed by atoms with Crippen LogP contribution < -0.4 is 14.5 Å². The van der Waals surface area contributed by atoms with Crippen LogP contribution in [0.2, 0.25) is 0 Å². The predicted molar refractivity (Wildman–Crippen MR) is 143 cm³/mol. The van der Waals surface area contributed by atoms with E-state index in [4.69, 9.17) is 14.5 Å². The highest BCUT2D eigenvalue weighted by molar-refractivity contribution is 7.22. The Balaban J connectivity index is 1.42. The molecule has 9 nitrogen and oxygen atoms in total. The Kier molecular flexibility index (Phi) is 7.50. The molecule has 3 aromatic rings. The molecule has 1 aromatic heterocycles. The third kappa shape index (κ3) is 5.22. The number of aryl methyl sites for hydroxylation is 1. The second-order valence-electron chi connectivity index (χ2n) is 9.19. The number of ether oxygens (including phenoxy) is 2. The normalized spacial score (nSPS) is 16.5. The number of hydrogen-bond acceptors (Lipinski definition) is 8. The first-order chi connectivity index (χ1) is 18.0. The van der Waals surface area contributed by atoms with Crippen LogP contribution in [0.5, 0.6) is 5.75 Å². The summed E-state index contributed by atoms with van der Waals surface area (Å²) in [6.45, 7) is 6.62. The Morgan fingerprint density at radius 1 is 1.08 bits per heavy atom. The van der Waals surface area contributed by atoms with Gasteiger partial charge in [-0.2, -0.15) is 0 Å². The molecule has 2 fully saturated rings. The molecule has 37 heavy (non-hydrogen) atoms. The second kappa shape index (κ2) is 11.0. The van der Waals surface area contributed by atoms with Crippen molar-refractivity contribution in [3.63, 3.8) is 0 Å². The summed E-state index contributed by atoms with van der Waals surface area (Å²) in [6.07, 6.45) is 1.22. The molecule has 0 saturated carbocycles. The van der Waals surface area contributed by atoms with E-state index in [9.17, 15) is 14.4 Å². The number of imide groups is 1. The summed E-state index contributed by atoms with van der Waals surface area (Å²) in [5, 5.41) is 0.614. The number of thiazole rings is 1. The van der Waals surface area contributed by atoms with Crippen molar-refractivity contribution in [2.75, 3.05) is 56.3 Å². The first-order valence-corrected chi connectivity index (χ1v) is 13.3. The smallest absolute Gasteiger partial charge is 0.260 e. The number of morpholine rings is 1. The van der Waals surface area contributed by atoms with Crippen LogP contribution in [0, 0.1) is 6.92 Å². The quantitative estimate of drug-likeness (QED) is 0.417. The predicted octanol–water partition coefficient (Wildman–Crippen LogP) is 3.64. The Hall–Kier alpha value is -3.34. The van der Waals surface area contributed by atoms with E-state index in [1.54, 1.807) is 36.3 Å². The molecule has 2 aromatic carbocycles. The molecular formula is C27H30N4O5S. The third-order valence-corrected chi connectivity index (χ3v) is 7.99. The van der Waals surface area contributed by atoms with Gasteiger partial charge in [-0.1, -0.05) is 17.4 Å². The summed E-state index contributed by atoms with van der Waals surface area (Å²) in [6, 6.07) is 10.5. The minimum Gasteiger partial charge on any atom is -0.494 e. The Labute approximate surface area is 219 Å². The first kappa shape index (κ1) is 25.3. The molecule has 194 valence electrons. The van der Waals surface area contributed by atoms with Gasteiger partial charge in [0.15, 0.2) is 5.13 Å². The third-order valence-electron chi connectivity index (χ3n) is 6.77. The highest BCUT2D eigenvalue weighted by atomic mass is 32.1. The maximum absolute atomic E-state index is 13.8. The van der Waals surface area contributed by atoms with Crippen molar-refractivity contribution in [2.24, 2.45) is 0 Å². The van der Waals surface area contributed by atoms with Crippen LogP contribution in [0.25, 0.3) is 10.2 Å². The number of hydrogen-bond donors (Lipinski definition) is 0. The lowest BCUT2D eigenvalue weighted by Crippen LogP contribution is -2.39. The van der Waals surface area contributed by atoms with Crippen molar-refractivity contribution in [3.8, 4) is 5.75 Å². The number of aromatic nitrogens is 1. The van der Waals surface area contributed by atoms with Crippen LogP contribution in [-0.2, 0) is 14.3 Å².